The van der Waals surface area contributed by atoms with Crippen LogP contribution in [0.3, 0.4) is 0 Å². The minimum absolute atomic E-state index is 0.00550. The maximum atomic E-state index is 14.3. The van der Waals surface area contributed by atoms with Crippen molar-refractivity contribution in [2.75, 3.05) is 0 Å². The maximum absolute atomic E-state index is 14.3. The number of halogens is 1. The van der Waals surface area contributed by atoms with E-state index in [-0.39, 0.29) is 11.3 Å². The number of hydrogen-bond donors (Lipinski definition) is 2. The summed E-state index contributed by atoms with van der Waals surface area (Å²) in [7, 11) is 0. The van der Waals surface area contributed by atoms with Crippen molar-refractivity contribution in [3.63, 3.8) is 0 Å². The Balaban J connectivity index is 2.78. The molecule has 1 heterocycles. The van der Waals surface area contributed by atoms with E-state index in [4.69, 9.17) is 10.8 Å². The zero-order valence-corrected chi connectivity index (χ0v) is 14.5. The van der Waals surface area contributed by atoms with Gasteiger partial charge in [0.1, 0.15) is 5.82 Å². The zero-order chi connectivity index (χ0) is 18.9. The van der Waals surface area contributed by atoms with Crippen LogP contribution in [0, 0.1) is 16.6 Å². The van der Waals surface area contributed by atoms with Gasteiger partial charge in [-0.2, -0.15) is 0 Å². The summed E-state index contributed by atoms with van der Waals surface area (Å²) >= 11 is 0. The van der Waals surface area contributed by atoms with Gasteiger partial charge < -0.3 is 5.41 Å². The molecule has 0 bridgehead atoms. The standard InChI is InChI=1S/C22H20FN3/c1-3-5-10-16(4-2)21(18(15-24)20-13-8-9-14-26-20)22(25)17-11-6-7-12-19(17)23/h3-15,24-25H,1H2,2H3/b10-5-,16-4+,21-18+,24-15?,25-22?. The van der Waals surface area contributed by atoms with Crippen molar-refractivity contribution in [1.82, 2.24) is 4.98 Å². The van der Waals surface area contributed by atoms with Crippen LogP contribution in [-0.2, 0) is 0 Å². The van der Waals surface area contributed by atoms with Gasteiger partial charge in [-0.05, 0) is 36.8 Å². The summed E-state index contributed by atoms with van der Waals surface area (Å²) in [4.78, 5) is 4.30. The van der Waals surface area contributed by atoms with E-state index < -0.39 is 5.82 Å². The third-order valence-electron chi connectivity index (χ3n) is 3.76. The van der Waals surface area contributed by atoms with E-state index in [0.29, 0.717) is 22.4 Å². The Labute approximate surface area is 153 Å². The van der Waals surface area contributed by atoms with Crippen LogP contribution >= 0.6 is 0 Å². The maximum Gasteiger partial charge on any atom is 0.132 e. The van der Waals surface area contributed by atoms with Gasteiger partial charge in [-0.25, -0.2) is 4.39 Å². The van der Waals surface area contributed by atoms with Gasteiger partial charge in [-0.1, -0.05) is 49.1 Å². The fourth-order valence-electron chi connectivity index (χ4n) is 2.52. The number of nitrogens with zero attached hydrogens (tertiary/aromatic N) is 1. The topological polar surface area (TPSA) is 60.6 Å². The van der Waals surface area contributed by atoms with E-state index in [1.807, 2.05) is 19.1 Å². The molecule has 0 aliphatic heterocycles. The van der Waals surface area contributed by atoms with Crippen LogP contribution in [0.1, 0.15) is 18.2 Å². The summed E-state index contributed by atoms with van der Waals surface area (Å²) in [5.74, 6) is -0.483. The Morgan fingerprint density at radius 2 is 1.88 bits per heavy atom. The Kier molecular flexibility index (Phi) is 6.68. The lowest BCUT2D eigenvalue weighted by Crippen LogP contribution is -2.11. The highest BCUT2D eigenvalue weighted by atomic mass is 19.1. The molecule has 0 saturated heterocycles. The second-order valence-electron chi connectivity index (χ2n) is 5.34. The molecular formula is C22H20FN3. The molecule has 4 heteroatoms. The van der Waals surface area contributed by atoms with Crippen LogP contribution in [0.4, 0.5) is 4.39 Å². The van der Waals surface area contributed by atoms with Crippen molar-refractivity contribution in [1.29, 1.82) is 10.8 Å². The molecule has 0 aliphatic rings. The summed E-state index contributed by atoms with van der Waals surface area (Å²) in [5, 5.41) is 16.5. The van der Waals surface area contributed by atoms with Gasteiger partial charge in [-0.3, -0.25) is 10.4 Å². The molecule has 0 fully saturated rings. The van der Waals surface area contributed by atoms with Crippen LogP contribution in [0.5, 0.6) is 0 Å². The van der Waals surface area contributed by atoms with Crippen LogP contribution < -0.4 is 0 Å². The molecule has 0 unspecified atom stereocenters. The minimum Gasteiger partial charge on any atom is -0.308 e. The number of aromatic nitrogens is 1. The predicted octanol–water partition coefficient (Wildman–Crippen LogP) is 5.38. The average Bonchev–Trinajstić information content (AvgIpc) is 2.68. The lowest BCUT2D eigenvalue weighted by molar-refractivity contribution is 0.625. The van der Waals surface area contributed by atoms with Crippen LogP contribution in [-0.4, -0.2) is 16.9 Å². The summed E-state index contributed by atoms with van der Waals surface area (Å²) in [6.07, 6.45) is 9.74. The lowest BCUT2D eigenvalue weighted by atomic mass is 9.89. The molecule has 0 saturated carbocycles. The monoisotopic (exact) mass is 345 g/mol. The van der Waals surface area contributed by atoms with Gasteiger partial charge in [-0.15, -0.1) is 0 Å². The van der Waals surface area contributed by atoms with Gasteiger partial charge in [0.05, 0.1) is 11.4 Å². The molecule has 26 heavy (non-hydrogen) atoms. The molecular weight excluding hydrogens is 325 g/mol. The third-order valence-corrected chi connectivity index (χ3v) is 3.76. The van der Waals surface area contributed by atoms with Crippen molar-refractivity contribution in [2.45, 2.75) is 6.92 Å². The second-order valence-corrected chi connectivity index (χ2v) is 5.34. The zero-order valence-electron chi connectivity index (χ0n) is 14.5. The smallest absolute Gasteiger partial charge is 0.132 e. The van der Waals surface area contributed by atoms with E-state index in [1.54, 1.807) is 54.8 Å². The molecule has 0 spiro atoms. The SMILES string of the molecule is C=C\C=C/C(=C\C)C(/C(=N)c1ccccc1F)=C(/C=N)c1ccccn1. The van der Waals surface area contributed by atoms with E-state index in [0.717, 1.165) is 6.21 Å². The Morgan fingerprint density at radius 1 is 1.15 bits per heavy atom. The van der Waals surface area contributed by atoms with Crippen molar-refractivity contribution >= 4 is 17.5 Å². The van der Waals surface area contributed by atoms with Crippen molar-refractivity contribution in [3.8, 4) is 0 Å². The highest BCUT2D eigenvalue weighted by Gasteiger charge is 2.19. The van der Waals surface area contributed by atoms with E-state index >= 15 is 0 Å². The number of pyridine rings is 1. The molecule has 0 aliphatic carbocycles. The van der Waals surface area contributed by atoms with Crippen molar-refractivity contribution < 1.29 is 4.39 Å². The van der Waals surface area contributed by atoms with Crippen LogP contribution in [0.15, 0.2) is 90.7 Å². The first-order valence-electron chi connectivity index (χ1n) is 8.09. The molecule has 2 aromatic rings. The summed E-state index contributed by atoms with van der Waals surface area (Å²) in [6, 6.07) is 11.5. The number of nitrogens with one attached hydrogen (secondary N) is 2. The minimum atomic E-state index is -0.483. The number of hydrogen-bond acceptors (Lipinski definition) is 3. The Hall–Kier alpha value is -3.40. The Bertz CT molecular complexity index is 906. The Morgan fingerprint density at radius 3 is 2.46 bits per heavy atom. The molecule has 1 aromatic carbocycles. The molecule has 2 rings (SSSR count). The van der Waals surface area contributed by atoms with E-state index in [2.05, 4.69) is 11.6 Å². The highest BCUT2D eigenvalue weighted by molar-refractivity contribution is 6.26. The fourth-order valence-corrected chi connectivity index (χ4v) is 2.52. The quantitative estimate of drug-likeness (QED) is 0.513. The number of allylic oxidation sites excluding steroid dienone is 7. The molecule has 1 aromatic heterocycles. The molecule has 0 atom stereocenters. The molecule has 2 N–H and O–H groups in total. The fraction of sp³-hybridized carbons (Fsp3) is 0.0455. The summed E-state index contributed by atoms with van der Waals surface area (Å²) in [6.45, 7) is 5.50. The molecule has 0 amide bonds. The number of benzene rings is 1. The normalized spacial score (nSPS) is 12.6. The predicted molar refractivity (Wildman–Crippen MR) is 106 cm³/mol. The van der Waals surface area contributed by atoms with Crippen LogP contribution in [0.2, 0.25) is 0 Å². The largest absolute Gasteiger partial charge is 0.308 e. The van der Waals surface area contributed by atoms with E-state index in [9.17, 15) is 4.39 Å². The van der Waals surface area contributed by atoms with Crippen molar-refractivity contribution in [2.24, 2.45) is 0 Å². The number of rotatable bonds is 7. The first kappa shape index (κ1) is 18.9. The van der Waals surface area contributed by atoms with Gasteiger partial charge >= 0.3 is 0 Å². The van der Waals surface area contributed by atoms with Gasteiger partial charge in [0.15, 0.2) is 0 Å². The third kappa shape index (κ3) is 4.16. The molecule has 0 radical (unpaired) electrons. The van der Waals surface area contributed by atoms with Gasteiger partial charge in [0.2, 0.25) is 0 Å². The van der Waals surface area contributed by atoms with Gasteiger partial charge in [0, 0.05) is 29.1 Å². The van der Waals surface area contributed by atoms with Crippen LogP contribution in [0.25, 0.3) is 5.57 Å². The summed E-state index contributed by atoms with van der Waals surface area (Å²) < 4.78 is 14.3. The molecule has 130 valence electrons. The first-order chi connectivity index (χ1) is 12.6. The van der Waals surface area contributed by atoms with E-state index in [1.165, 1.54) is 6.07 Å². The first-order valence-corrected chi connectivity index (χ1v) is 8.09. The molecule has 3 nitrogen and oxygen atoms in total. The lowest BCUT2D eigenvalue weighted by Gasteiger charge is -2.15. The highest BCUT2D eigenvalue weighted by Crippen LogP contribution is 2.27. The summed E-state index contributed by atoms with van der Waals surface area (Å²) in [5.41, 5.74) is 2.27. The average molecular weight is 345 g/mol. The second kappa shape index (κ2) is 9.18. The van der Waals surface area contributed by atoms with Crippen molar-refractivity contribution in [3.05, 3.63) is 108 Å². The van der Waals surface area contributed by atoms with Gasteiger partial charge in [0.25, 0.3) is 0 Å².